The zero-order valence-corrected chi connectivity index (χ0v) is 14.8. The van der Waals surface area contributed by atoms with E-state index >= 15 is 0 Å². The van der Waals surface area contributed by atoms with E-state index in [2.05, 4.69) is 35.3 Å². The molecule has 130 valence electrons. The molecule has 0 bridgehead atoms. The number of H-pyrrole nitrogens is 1. The maximum absolute atomic E-state index is 12.4. The third-order valence-electron chi connectivity index (χ3n) is 4.57. The zero-order valence-electron chi connectivity index (χ0n) is 14.8. The van der Waals surface area contributed by atoms with Crippen molar-refractivity contribution in [3.8, 4) is 0 Å². The quantitative estimate of drug-likeness (QED) is 0.865. The minimum Gasteiger partial charge on any atom is -0.342 e. The van der Waals surface area contributed by atoms with Crippen LogP contribution in [0, 0.1) is 11.8 Å². The molecule has 0 saturated carbocycles. The molecule has 1 saturated heterocycles. The van der Waals surface area contributed by atoms with Gasteiger partial charge in [0, 0.05) is 26.7 Å². The van der Waals surface area contributed by atoms with Gasteiger partial charge in [0.25, 0.3) is 5.56 Å². The summed E-state index contributed by atoms with van der Waals surface area (Å²) in [6.45, 7) is 12.7. The van der Waals surface area contributed by atoms with Gasteiger partial charge in [-0.25, -0.2) is 4.79 Å². The second-order valence-corrected chi connectivity index (χ2v) is 7.30. The third-order valence-corrected chi connectivity index (χ3v) is 4.57. The highest BCUT2D eigenvalue weighted by molar-refractivity contribution is 5.74. The molecular weight excluding hydrogens is 306 g/mol. The lowest BCUT2D eigenvalue weighted by Gasteiger charge is -2.35. The van der Waals surface area contributed by atoms with Gasteiger partial charge < -0.3 is 9.47 Å². The number of anilines is 1. The molecule has 3 heterocycles. The van der Waals surface area contributed by atoms with E-state index in [0.717, 1.165) is 24.6 Å². The smallest absolute Gasteiger partial charge is 0.329 e. The van der Waals surface area contributed by atoms with Crippen LogP contribution in [-0.4, -0.2) is 32.2 Å². The van der Waals surface area contributed by atoms with Gasteiger partial charge in [0.2, 0.25) is 5.95 Å². The summed E-state index contributed by atoms with van der Waals surface area (Å²) in [6, 6.07) is 0. The van der Waals surface area contributed by atoms with E-state index in [0.29, 0.717) is 29.5 Å². The van der Waals surface area contributed by atoms with Gasteiger partial charge in [0.15, 0.2) is 11.2 Å². The Morgan fingerprint density at radius 3 is 2.50 bits per heavy atom. The van der Waals surface area contributed by atoms with E-state index in [9.17, 15) is 9.59 Å². The fraction of sp³-hybridized carbons (Fsp3) is 0.588. The van der Waals surface area contributed by atoms with E-state index in [4.69, 9.17) is 0 Å². The lowest BCUT2D eigenvalue weighted by molar-refractivity contribution is 0.352. The molecule has 24 heavy (non-hydrogen) atoms. The highest BCUT2D eigenvalue weighted by atomic mass is 16.2. The molecule has 1 N–H and O–H groups in total. The largest absolute Gasteiger partial charge is 0.342 e. The van der Waals surface area contributed by atoms with Crippen molar-refractivity contribution < 1.29 is 0 Å². The van der Waals surface area contributed by atoms with Gasteiger partial charge >= 0.3 is 5.69 Å². The number of piperidine rings is 1. The lowest BCUT2D eigenvalue weighted by atomic mass is 9.92. The molecule has 3 rings (SSSR count). The van der Waals surface area contributed by atoms with Crippen LogP contribution in [0.5, 0.6) is 0 Å². The fourth-order valence-corrected chi connectivity index (χ4v) is 3.71. The van der Waals surface area contributed by atoms with Crippen molar-refractivity contribution in [3.63, 3.8) is 0 Å². The minimum atomic E-state index is -0.445. The third kappa shape index (κ3) is 2.79. The molecule has 7 nitrogen and oxygen atoms in total. The summed E-state index contributed by atoms with van der Waals surface area (Å²) >= 11 is 0. The summed E-state index contributed by atoms with van der Waals surface area (Å²) in [5.74, 6) is 1.88. The maximum atomic E-state index is 12.4. The molecule has 0 radical (unpaired) electrons. The summed E-state index contributed by atoms with van der Waals surface area (Å²) in [7, 11) is 1.63. The summed E-state index contributed by atoms with van der Waals surface area (Å²) in [6.07, 6.45) is 1.19. The average molecular weight is 331 g/mol. The fourth-order valence-electron chi connectivity index (χ4n) is 3.71. The van der Waals surface area contributed by atoms with Crippen molar-refractivity contribution in [2.75, 3.05) is 18.0 Å². The van der Waals surface area contributed by atoms with Gasteiger partial charge in [-0.15, -0.1) is 0 Å². The molecule has 0 unspecified atom stereocenters. The Morgan fingerprint density at radius 2 is 1.92 bits per heavy atom. The number of aromatic amines is 1. The topological polar surface area (TPSA) is 75.9 Å². The molecule has 0 aromatic carbocycles. The number of allylic oxidation sites excluding steroid dienone is 1. The minimum absolute atomic E-state index is 0.397. The van der Waals surface area contributed by atoms with Gasteiger partial charge in [-0.3, -0.25) is 14.3 Å². The summed E-state index contributed by atoms with van der Waals surface area (Å²) in [5, 5.41) is 0. The molecule has 1 fully saturated rings. The first-order chi connectivity index (χ1) is 11.3. The Hall–Kier alpha value is -2.31. The monoisotopic (exact) mass is 331 g/mol. The Morgan fingerprint density at radius 1 is 1.29 bits per heavy atom. The van der Waals surface area contributed by atoms with Crippen LogP contribution in [0.1, 0.15) is 27.2 Å². The van der Waals surface area contributed by atoms with E-state index in [1.54, 1.807) is 7.05 Å². The number of aryl methyl sites for hydroxylation is 1. The van der Waals surface area contributed by atoms with Crippen molar-refractivity contribution in [1.29, 1.82) is 0 Å². The van der Waals surface area contributed by atoms with Crippen LogP contribution >= 0.6 is 0 Å². The molecule has 1 aliphatic rings. The summed E-state index contributed by atoms with van der Waals surface area (Å²) in [4.78, 5) is 33.6. The highest BCUT2D eigenvalue weighted by Gasteiger charge is 2.27. The molecular formula is C17H25N5O2. The molecule has 2 atom stereocenters. The SMILES string of the molecule is C=C(C)Cn1c(N2C[C@H](C)C[C@H](C)C2)nc2c1c(=O)[nH]c(=O)n2C. The van der Waals surface area contributed by atoms with E-state index in [-0.39, 0.29) is 0 Å². The predicted molar refractivity (Wildman–Crippen MR) is 95.6 cm³/mol. The van der Waals surface area contributed by atoms with Crippen molar-refractivity contribution in [1.82, 2.24) is 19.1 Å². The van der Waals surface area contributed by atoms with Crippen LogP contribution in [0.4, 0.5) is 5.95 Å². The van der Waals surface area contributed by atoms with Crippen LogP contribution in [0.2, 0.25) is 0 Å². The predicted octanol–water partition coefficient (Wildman–Crippen LogP) is 1.48. The number of hydrogen-bond acceptors (Lipinski definition) is 4. The normalized spacial score (nSPS) is 21.4. The molecule has 0 amide bonds. The number of nitrogens with one attached hydrogen (secondary N) is 1. The number of rotatable bonds is 3. The maximum Gasteiger partial charge on any atom is 0.329 e. The van der Waals surface area contributed by atoms with Crippen molar-refractivity contribution in [2.45, 2.75) is 33.7 Å². The highest BCUT2D eigenvalue weighted by Crippen LogP contribution is 2.28. The molecule has 7 heteroatoms. The number of aromatic nitrogens is 4. The van der Waals surface area contributed by atoms with Crippen LogP contribution in [-0.2, 0) is 13.6 Å². The first kappa shape index (κ1) is 16.5. The second-order valence-electron chi connectivity index (χ2n) is 7.30. The zero-order chi connectivity index (χ0) is 17.6. The first-order valence-corrected chi connectivity index (χ1v) is 8.36. The van der Waals surface area contributed by atoms with Crippen LogP contribution < -0.4 is 16.1 Å². The standard InChI is InChI=1S/C17H25N5O2/c1-10(2)7-22-13-14(20(5)17(24)19-15(13)23)18-16(22)21-8-11(3)6-12(4)9-21/h11-12H,1,6-9H2,2-5H3,(H,19,23,24)/t11-,12+. The Labute approximate surface area is 140 Å². The number of imidazole rings is 1. The first-order valence-electron chi connectivity index (χ1n) is 8.36. The molecule has 2 aromatic heterocycles. The lowest BCUT2D eigenvalue weighted by Crippen LogP contribution is -2.40. The van der Waals surface area contributed by atoms with E-state index in [1.165, 1.54) is 11.0 Å². The van der Waals surface area contributed by atoms with Gasteiger partial charge in [-0.1, -0.05) is 26.0 Å². The van der Waals surface area contributed by atoms with Gasteiger partial charge in [-0.05, 0) is 25.2 Å². The van der Waals surface area contributed by atoms with Crippen molar-refractivity contribution >= 4 is 17.1 Å². The van der Waals surface area contributed by atoms with E-state index < -0.39 is 11.2 Å². The van der Waals surface area contributed by atoms with Crippen LogP contribution in [0.3, 0.4) is 0 Å². The number of nitrogens with zero attached hydrogens (tertiary/aromatic N) is 4. The van der Waals surface area contributed by atoms with Crippen LogP contribution in [0.15, 0.2) is 21.7 Å². The van der Waals surface area contributed by atoms with Crippen LogP contribution in [0.25, 0.3) is 11.2 Å². The average Bonchev–Trinajstić information content (AvgIpc) is 2.83. The van der Waals surface area contributed by atoms with Gasteiger partial charge in [-0.2, -0.15) is 4.98 Å². The Bertz CT molecular complexity index is 894. The van der Waals surface area contributed by atoms with Crippen molar-refractivity contribution in [3.05, 3.63) is 33.0 Å². The second kappa shape index (κ2) is 5.96. The number of hydrogen-bond donors (Lipinski definition) is 1. The van der Waals surface area contributed by atoms with E-state index in [1.807, 2.05) is 11.5 Å². The number of fused-ring (bicyclic) bond motifs is 1. The molecule has 2 aromatic rings. The Balaban J connectivity index is 2.25. The summed E-state index contributed by atoms with van der Waals surface area (Å²) < 4.78 is 3.28. The van der Waals surface area contributed by atoms with Gasteiger partial charge in [0.05, 0.1) is 0 Å². The molecule has 1 aliphatic heterocycles. The summed E-state index contributed by atoms with van der Waals surface area (Å²) in [5.41, 5.74) is 0.944. The Kier molecular flexibility index (Phi) is 4.11. The molecule has 0 spiro atoms. The van der Waals surface area contributed by atoms with Gasteiger partial charge in [0.1, 0.15) is 0 Å². The van der Waals surface area contributed by atoms with Crippen molar-refractivity contribution in [2.24, 2.45) is 18.9 Å². The molecule has 0 aliphatic carbocycles.